The van der Waals surface area contributed by atoms with Gasteiger partial charge in [-0.1, -0.05) is 31.9 Å². The summed E-state index contributed by atoms with van der Waals surface area (Å²) in [6.45, 7) is 0. The lowest BCUT2D eigenvalue weighted by Gasteiger charge is -2.11. The molecule has 0 aromatic heterocycles. The van der Waals surface area contributed by atoms with Crippen LogP contribution in [0.5, 0.6) is 0 Å². The molecule has 3 nitrogen and oxygen atoms in total. The molecule has 0 saturated heterocycles. The predicted molar refractivity (Wildman–Crippen MR) is 39.0 cm³/mol. The number of carbonyl (C=O) groups excluding carboxylic acids is 1. The summed E-state index contributed by atoms with van der Waals surface area (Å²) in [6, 6.07) is -0.432. The zero-order valence-corrected chi connectivity index (χ0v) is 7.27. The van der Waals surface area contributed by atoms with Crippen LogP contribution < -0.4 is 5.73 Å². The number of alkyl halides is 2. The second-order valence-corrected chi connectivity index (χ2v) is 2.12. The highest BCUT2D eigenvalue weighted by molar-refractivity contribution is 9.09. The minimum Gasteiger partial charge on any atom is -0.351 e. The molecular formula is C3H6Br2N2O. The van der Waals surface area contributed by atoms with Gasteiger partial charge in [-0.2, -0.15) is 0 Å². The van der Waals surface area contributed by atoms with Crippen LogP contribution in [0.15, 0.2) is 0 Å². The van der Waals surface area contributed by atoms with Gasteiger partial charge in [-0.05, 0) is 0 Å². The highest BCUT2D eigenvalue weighted by atomic mass is 79.9. The smallest absolute Gasteiger partial charge is 0.316 e. The molecule has 5 heteroatoms. The van der Waals surface area contributed by atoms with Crippen molar-refractivity contribution in [3.8, 4) is 0 Å². The Kier molecular flexibility index (Phi) is 4.26. The lowest BCUT2D eigenvalue weighted by Crippen LogP contribution is -2.33. The molecular weight excluding hydrogens is 240 g/mol. The second-order valence-electron chi connectivity index (χ2n) is 1.12. The SMILES string of the molecule is NC(=O)N(CBr)CBr. The first kappa shape index (κ1) is 8.23. The maximum atomic E-state index is 10.2. The molecule has 2 N–H and O–H groups in total. The minimum absolute atomic E-state index is 0.432. The van der Waals surface area contributed by atoms with Gasteiger partial charge < -0.3 is 10.6 Å². The lowest BCUT2D eigenvalue weighted by atomic mass is 10.9. The largest absolute Gasteiger partial charge is 0.351 e. The molecule has 0 aliphatic rings. The summed E-state index contributed by atoms with van der Waals surface area (Å²) in [5.41, 5.74) is 5.82. The molecule has 0 radical (unpaired) electrons. The molecule has 0 saturated carbocycles. The summed E-state index contributed by atoms with van der Waals surface area (Å²) in [4.78, 5) is 11.6. The maximum absolute atomic E-state index is 10.2. The standard InChI is InChI=1S/C3H6Br2N2O/c4-1-7(2-5)3(6)8/h1-2H2,(H2,6,8). The van der Waals surface area contributed by atoms with Crippen molar-refractivity contribution >= 4 is 37.9 Å². The normalized spacial score (nSPS) is 8.75. The molecule has 0 spiro atoms. The molecule has 48 valence electrons. The van der Waals surface area contributed by atoms with Crippen LogP contribution >= 0.6 is 31.9 Å². The van der Waals surface area contributed by atoms with Crippen molar-refractivity contribution in [3.63, 3.8) is 0 Å². The van der Waals surface area contributed by atoms with Crippen molar-refractivity contribution in [2.24, 2.45) is 5.73 Å². The summed E-state index contributed by atoms with van der Waals surface area (Å²) in [6.07, 6.45) is 0. The van der Waals surface area contributed by atoms with Gasteiger partial charge in [-0.15, -0.1) is 0 Å². The van der Waals surface area contributed by atoms with Gasteiger partial charge in [0.05, 0.1) is 10.9 Å². The van der Waals surface area contributed by atoms with E-state index in [2.05, 4.69) is 31.9 Å². The third-order valence-electron chi connectivity index (χ3n) is 0.600. The molecule has 0 aliphatic heterocycles. The van der Waals surface area contributed by atoms with E-state index in [-0.39, 0.29) is 0 Å². The van der Waals surface area contributed by atoms with Gasteiger partial charge in [0, 0.05) is 0 Å². The first-order chi connectivity index (χ1) is 3.72. The number of nitrogens with zero attached hydrogens (tertiary/aromatic N) is 1. The van der Waals surface area contributed by atoms with Crippen molar-refractivity contribution in [2.75, 3.05) is 10.9 Å². The van der Waals surface area contributed by atoms with Crippen LogP contribution in [0.1, 0.15) is 0 Å². The molecule has 0 heterocycles. The second kappa shape index (κ2) is 4.14. The van der Waals surface area contributed by atoms with Crippen molar-refractivity contribution in [2.45, 2.75) is 0 Å². The summed E-state index contributed by atoms with van der Waals surface area (Å²) < 4.78 is 0. The van der Waals surface area contributed by atoms with E-state index >= 15 is 0 Å². The third kappa shape index (κ3) is 2.52. The van der Waals surface area contributed by atoms with E-state index in [0.29, 0.717) is 10.9 Å². The topological polar surface area (TPSA) is 46.3 Å². The number of amides is 2. The molecule has 0 aliphatic carbocycles. The fourth-order valence-corrected chi connectivity index (χ4v) is 1.47. The summed E-state index contributed by atoms with van der Waals surface area (Å²) in [5, 5.41) is 0. The Labute approximate surface area is 64.5 Å². The van der Waals surface area contributed by atoms with Gasteiger partial charge in [0.1, 0.15) is 0 Å². The first-order valence-corrected chi connectivity index (χ1v) is 4.13. The van der Waals surface area contributed by atoms with Gasteiger partial charge in [0.15, 0.2) is 0 Å². The van der Waals surface area contributed by atoms with E-state index < -0.39 is 6.03 Å². The van der Waals surface area contributed by atoms with Gasteiger partial charge >= 0.3 is 6.03 Å². The van der Waals surface area contributed by atoms with Crippen molar-refractivity contribution in [1.82, 2.24) is 4.90 Å². The van der Waals surface area contributed by atoms with E-state index in [1.54, 1.807) is 0 Å². The number of hydrogen-bond donors (Lipinski definition) is 1. The zero-order valence-electron chi connectivity index (χ0n) is 4.10. The summed E-state index contributed by atoms with van der Waals surface area (Å²) in [5.74, 6) is 0. The van der Waals surface area contributed by atoms with E-state index in [1.165, 1.54) is 4.90 Å². The van der Waals surface area contributed by atoms with E-state index in [4.69, 9.17) is 5.73 Å². The number of nitrogens with two attached hydrogens (primary N) is 1. The quantitative estimate of drug-likeness (QED) is 0.574. The Morgan fingerprint density at radius 2 is 1.88 bits per heavy atom. The highest BCUT2D eigenvalue weighted by Gasteiger charge is 2.02. The molecule has 0 unspecified atom stereocenters. The molecule has 0 fully saturated rings. The zero-order chi connectivity index (χ0) is 6.57. The molecule has 0 bridgehead atoms. The van der Waals surface area contributed by atoms with Crippen LogP contribution in [-0.4, -0.2) is 21.8 Å². The van der Waals surface area contributed by atoms with Gasteiger partial charge in [0.25, 0.3) is 0 Å². The average molecular weight is 246 g/mol. The number of rotatable bonds is 2. The molecule has 8 heavy (non-hydrogen) atoms. The first-order valence-electron chi connectivity index (χ1n) is 1.88. The maximum Gasteiger partial charge on any atom is 0.316 e. The Balaban J connectivity index is 3.52. The van der Waals surface area contributed by atoms with Gasteiger partial charge in [-0.3, -0.25) is 0 Å². The van der Waals surface area contributed by atoms with Crippen LogP contribution in [0.4, 0.5) is 4.79 Å². The predicted octanol–water partition coefficient (Wildman–Crippen LogP) is 1.07. The van der Waals surface area contributed by atoms with Crippen LogP contribution in [0.2, 0.25) is 0 Å². The third-order valence-corrected chi connectivity index (χ3v) is 1.81. The summed E-state index contributed by atoms with van der Waals surface area (Å²) >= 11 is 6.14. The van der Waals surface area contributed by atoms with E-state index in [9.17, 15) is 4.79 Å². The number of urea groups is 1. The number of carbonyl (C=O) groups is 1. The van der Waals surface area contributed by atoms with Crippen LogP contribution in [0.25, 0.3) is 0 Å². The minimum atomic E-state index is -0.432. The summed E-state index contributed by atoms with van der Waals surface area (Å²) in [7, 11) is 0. The van der Waals surface area contributed by atoms with Crippen molar-refractivity contribution in [1.29, 1.82) is 0 Å². The monoisotopic (exact) mass is 244 g/mol. The van der Waals surface area contributed by atoms with Crippen LogP contribution in [0, 0.1) is 0 Å². The lowest BCUT2D eigenvalue weighted by molar-refractivity contribution is 0.224. The molecule has 0 aromatic rings. The van der Waals surface area contributed by atoms with Crippen LogP contribution in [0.3, 0.4) is 0 Å². The van der Waals surface area contributed by atoms with Gasteiger partial charge in [0.2, 0.25) is 0 Å². The fraction of sp³-hybridized carbons (Fsp3) is 0.667. The number of halogens is 2. The average Bonchev–Trinajstić information content (AvgIpc) is 1.69. The van der Waals surface area contributed by atoms with E-state index in [1.807, 2.05) is 0 Å². The Bertz CT molecular complexity index is 83.4. The Hall–Kier alpha value is 0.230. The van der Waals surface area contributed by atoms with E-state index in [0.717, 1.165) is 0 Å². The van der Waals surface area contributed by atoms with Crippen molar-refractivity contribution < 1.29 is 4.79 Å². The van der Waals surface area contributed by atoms with Gasteiger partial charge in [-0.25, -0.2) is 4.79 Å². The highest BCUT2D eigenvalue weighted by Crippen LogP contribution is 1.95. The molecule has 0 atom stereocenters. The number of primary amides is 1. The Morgan fingerprint density at radius 1 is 1.50 bits per heavy atom. The van der Waals surface area contributed by atoms with Crippen molar-refractivity contribution in [3.05, 3.63) is 0 Å². The molecule has 0 aromatic carbocycles. The number of hydrogen-bond acceptors (Lipinski definition) is 1. The Morgan fingerprint density at radius 3 is 1.88 bits per heavy atom. The molecule has 0 rings (SSSR count). The molecule has 2 amide bonds. The van der Waals surface area contributed by atoms with Crippen LogP contribution in [-0.2, 0) is 0 Å². The fourth-order valence-electron chi connectivity index (χ4n) is 0.150.